The molecule has 4 rings (SSSR count). The fourth-order valence-corrected chi connectivity index (χ4v) is 4.09. The van der Waals surface area contributed by atoms with Crippen molar-refractivity contribution in [1.82, 2.24) is 0 Å². The summed E-state index contributed by atoms with van der Waals surface area (Å²) in [6.07, 6.45) is 1.54. The van der Waals surface area contributed by atoms with Gasteiger partial charge in [0, 0.05) is 27.0 Å². The molecule has 0 saturated heterocycles. The minimum atomic E-state index is -0.415. The Morgan fingerprint density at radius 3 is 2.70 bits per heavy atom. The third-order valence-electron chi connectivity index (χ3n) is 4.74. The zero-order valence-electron chi connectivity index (χ0n) is 15.5. The molecule has 0 spiro atoms. The third-order valence-corrected chi connectivity index (χ3v) is 5.73. The summed E-state index contributed by atoms with van der Waals surface area (Å²) < 4.78 is 6.68. The Morgan fingerprint density at radius 2 is 1.97 bits per heavy atom. The van der Waals surface area contributed by atoms with E-state index in [1.54, 1.807) is 18.2 Å². The van der Waals surface area contributed by atoms with Crippen LogP contribution in [0, 0.1) is 14.9 Å². The third kappa shape index (κ3) is 3.86. The number of hydrogen-bond donors (Lipinski definition) is 2. The van der Waals surface area contributed by atoms with Crippen molar-refractivity contribution in [2.24, 2.45) is 10.7 Å². The number of aromatic hydroxyl groups is 1. The van der Waals surface area contributed by atoms with Gasteiger partial charge in [-0.25, -0.2) is 0 Å². The van der Waals surface area contributed by atoms with E-state index < -0.39 is 5.92 Å². The summed E-state index contributed by atoms with van der Waals surface area (Å²) >= 11 is 8.39. The predicted octanol–water partition coefficient (Wildman–Crippen LogP) is 5.62. The summed E-state index contributed by atoms with van der Waals surface area (Å²) in [7, 11) is 0. The number of rotatable bonds is 3. The zero-order valence-corrected chi connectivity index (χ0v) is 18.4. The van der Waals surface area contributed by atoms with Crippen LogP contribution in [0.1, 0.15) is 22.6 Å². The smallest absolute Gasteiger partial charge is 0.205 e. The van der Waals surface area contributed by atoms with Gasteiger partial charge in [-0.1, -0.05) is 35.9 Å². The van der Waals surface area contributed by atoms with Gasteiger partial charge in [0.15, 0.2) is 0 Å². The Hall–Kier alpha value is -3.02. The number of hydrogen-bond acceptors (Lipinski definition) is 5. The first-order valence-electron chi connectivity index (χ1n) is 8.96. The molecule has 0 saturated carbocycles. The number of ether oxygens (including phenoxy) is 1. The summed E-state index contributed by atoms with van der Waals surface area (Å²) in [5.74, 6) is 0.00850. The van der Waals surface area contributed by atoms with E-state index in [-0.39, 0.29) is 11.6 Å². The maximum Gasteiger partial charge on any atom is 0.205 e. The van der Waals surface area contributed by atoms with E-state index in [0.717, 1.165) is 14.7 Å². The van der Waals surface area contributed by atoms with Crippen LogP contribution in [0.3, 0.4) is 0 Å². The fourth-order valence-electron chi connectivity index (χ4n) is 3.34. The monoisotopic (exact) mass is 527 g/mol. The van der Waals surface area contributed by atoms with Crippen LogP contribution in [0.4, 0.5) is 5.69 Å². The lowest BCUT2D eigenvalue weighted by Gasteiger charge is -2.27. The minimum Gasteiger partial charge on any atom is -0.507 e. The van der Waals surface area contributed by atoms with Gasteiger partial charge in [0.25, 0.3) is 0 Å². The lowest BCUT2D eigenvalue weighted by Crippen LogP contribution is -2.21. The van der Waals surface area contributed by atoms with Crippen LogP contribution in [-0.4, -0.2) is 11.3 Å². The Kier molecular flexibility index (Phi) is 5.66. The summed E-state index contributed by atoms with van der Waals surface area (Å²) in [6, 6.07) is 20.4. The van der Waals surface area contributed by atoms with Gasteiger partial charge < -0.3 is 15.6 Å². The van der Waals surface area contributed by atoms with Gasteiger partial charge in [-0.2, -0.15) is 5.26 Å². The molecule has 0 radical (unpaired) electrons. The summed E-state index contributed by atoms with van der Waals surface area (Å²) in [5.41, 5.74) is 9.04. The second-order valence-corrected chi connectivity index (χ2v) is 8.29. The first-order valence-corrected chi connectivity index (χ1v) is 10.4. The number of halogens is 2. The molecule has 30 heavy (non-hydrogen) atoms. The molecule has 0 amide bonds. The molecule has 148 valence electrons. The van der Waals surface area contributed by atoms with Gasteiger partial charge in [0.1, 0.15) is 23.1 Å². The largest absolute Gasteiger partial charge is 0.507 e. The number of aliphatic imine (C=N–C) groups is 1. The number of benzene rings is 3. The molecule has 3 N–H and O–H groups in total. The molecular formula is C23H15ClIN3O2. The first-order chi connectivity index (χ1) is 14.5. The fraction of sp³-hybridized carbons (Fsp3) is 0.0435. The molecule has 0 bridgehead atoms. The van der Waals surface area contributed by atoms with E-state index in [1.165, 1.54) is 12.3 Å². The van der Waals surface area contributed by atoms with Crippen LogP contribution in [0.25, 0.3) is 0 Å². The molecule has 3 aromatic rings. The molecule has 5 nitrogen and oxygen atoms in total. The van der Waals surface area contributed by atoms with E-state index in [4.69, 9.17) is 22.1 Å². The Bertz CT molecular complexity index is 1250. The van der Waals surface area contributed by atoms with Crippen molar-refractivity contribution in [3.63, 3.8) is 0 Å². The van der Waals surface area contributed by atoms with Crippen LogP contribution >= 0.6 is 34.2 Å². The van der Waals surface area contributed by atoms with E-state index in [1.807, 2.05) is 36.4 Å². The lowest BCUT2D eigenvalue weighted by molar-refractivity contribution is 0.388. The molecule has 1 aliphatic heterocycles. The van der Waals surface area contributed by atoms with Crippen molar-refractivity contribution in [1.29, 1.82) is 5.26 Å². The number of fused-ring (bicyclic) bond motifs is 1. The van der Waals surface area contributed by atoms with Gasteiger partial charge in [-0.15, -0.1) is 0 Å². The van der Waals surface area contributed by atoms with Gasteiger partial charge in [0.05, 0.1) is 16.6 Å². The summed E-state index contributed by atoms with van der Waals surface area (Å²) in [5, 5.41) is 20.7. The van der Waals surface area contributed by atoms with E-state index in [2.05, 4.69) is 33.7 Å². The summed E-state index contributed by atoms with van der Waals surface area (Å²) in [4.78, 5) is 4.39. The minimum absolute atomic E-state index is 0.0147. The maximum atomic E-state index is 10.5. The molecular weight excluding hydrogens is 513 g/mol. The topological polar surface area (TPSA) is 91.6 Å². The standard InChI is InChI=1S/C23H15ClIN3O2/c24-18-6-1-2-7-19(18)28-12-14-9-16-21(10-20(14)29)30-23(27)17(11-26)22(16)13-4-3-5-15(25)8-13/h1-10,12,22,29H,27H2/t22-/m1/s1. The molecule has 7 heteroatoms. The maximum absolute atomic E-state index is 10.5. The highest BCUT2D eigenvalue weighted by atomic mass is 127. The van der Waals surface area contributed by atoms with Crippen LogP contribution in [0.2, 0.25) is 5.02 Å². The molecule has 0 aromatic heterocycles. The number of para-hydroxylation sites is 1. The second-order valence-electron chi connectivity index (χ2n) is 6.64. The normalized spacial score (nSPS) is 15.6. The summed E-state index contributed by atoms with van der Waals surface area (Å²) in [6.45, 7) is 0. The van der Waals surface area contributed by atoms with E-state index in [9.17, 15) is 10.4 Å². The molecule has 3 aromatic carbocycles. The van der Waals surface area contributed by atoms with Crippen LogP contribution in [-0.2, 0) is 0 Å². The molecule has 1 heterocycles. The number of nitrogens with zero attached hydrogens (tertiary/aromatic N) is 2. The molecule has 0 aliphatic carbocycles. The highest BCUT2D eigenvalue weighted by molar-refractivity contribution is 14.1. The van der Waals surface area contributed by atoms with Crippen LogP contribution < -0.4 is 10.5 Å². The Labute approximate surface area is 192 Å². The zero-order chi connectivity index (χ0) is 21.3. The second kappa shape index (κ2) is 8.38. The average molecular weight is 528 g/mol. The Morgan fingerprint density at radius 1 is 1.17 bits per heavy atom. The van der Waals surface area contributed by atoms with Gasteiger partial charge in [0.2, 0.25) is 5.88 Å². The quantitative estimate of drug-likeness (QED) is 0.342. The van der Waals surface area contributed by atoms with Crippen molar-refractivity contribution < 1.29 is 9.84 Å². The van der Waals surface area contributed by atoms with E-state index >= 15 is 0 Å². The van der Waals surface area contributed by atoms with Crippen molar-refractivity contribution in [3.8, 4) is 17.6 Å². The highest BCUT2D eigenvalue weighted by Crippen LogP contribution is 2.44. The molecule has 0 fully saturated rings. The Balaban J connectivity index is 1.84. The first kappa shape index (κ1) is 20.3. The average Bonchev–Trinajstić information content (AvgIpc) is 2.72. The van der Waals surface area contributed by atoms with Crippen molar-refractivity contribution in [3.05, 3.63) is 97.4 Å². The number of nitriles is 1. The van der Waals surface area contributed by atoms with E-state index in [0.29, 0.717) is 27.6 Å². The highest BCUT2D eigenvalue weighted by Gasteiger charge is 2.31. The van der Waals surface area contributed by atoms with Gasteiger partial charge in [-0.05, 0) is 58.5 Å². The SMILES string of the molecule is N#CC1=C(N)Oc2cc(O)c(C=Nc3ccccc3Cl)cc2[C@H]1c1cccc(I)c1. The van der Waals surface area contributed by atoms with Crippen molar-refractivity contribution in [2.45, 2.75) is 5.92 Å². The van der Waals surface area contributed by atoms with Crippen molar-refractivity contribution in [2.75, 3.05) is 0 Å². The van der Waals surface area contributed by atoms with Crippen molar-refractivity contribution >= 4 is 46.1 Å². The van der Waals surface area contributed by atoms with Gasteiger partial charge in [-0.3, -0.25) is 4.99 Å². The molecule has 1 atom stereocenters. The number of phenols is 1. The van der Waals surface area contributed by atoms with Crippen LogP contribution in [0.15, 0.2) is 77.1 Å². The predicted molar refractivity (Wildman–Crippen MR) is 125 cm³/mol. The lowest BCUT2D eigenvalue weighted by atomic mass is 9.83. The number of nitrogens with two attached hydrogens (primary N) is 1. The molecule has 0 unspecified atom stereocenters. The van der Waals surface area contributed by atoms with Gasteiger partial charge >= 0.3 is 0 Å². The number of allylic oxidation sites excluding steroid dienone is 1. The van der Waals surface area contributed by atoms with Crippen LogP contribution in [0.5, 0.6) is 11.5 Å². The molecule has 1 aliphatic rings. The number of phenolic OH excluding ortho intramolecular Hbond substituents is 1.